The summed E-state index contributed by atoms with van der Waals surface area (Å²) in [6.07, 6.45) is 4.58. The van der Waals surface area contributed by atoms with Crippen molar-refractivity contribution in [3.63, 3.8) is 0 Å². The number of aromatic nitrogens is 1. The largest absolute Gasteiger partial charge is 0.493 e. The minimum absolute atomic E-state index is 0.218. The van der Waals surface area contributed by atoms with E-state index in [-0.39, 0.29) is 18.1 Å². The van der Waals surface area contributed by atoms with E-state index in [1.807, 2.05) is 0 Å². The minimum Gasteiger partial charge on any atom is -0.493 e. The third-order valence-corrected chi connectivity index (χ3v) is 5.03. The van der Waals surface area contributed by atoms with Crippen LogP contribution in [0.25, 0.3) is 0 Å². The molecule has 0 bridgehead atoms. The molecule has 2 heterocycles. The fraction of sp³-hybridized carbons (Fsp3) is 0.706. The lowest BCUT2D eigenvalue weighted by Gasteiger charge is -2.40. The highest BCUT2D eigenvalue weighted by Gasteiger charge is 2.38. The van der Waals surface area contributed by atoms with E-state index in [1.54, 1.807) is 26.5 Å². The maximum atomic E-state index is 10.3. The van der Waals surface area contributed by atoms with Crippen molar-refractivity contribution < 1.29 is 19.3 Å². The number of morpholine rings is 1. The van der Waals surface area contributed by atoms with Crippen LogP contribution in [0.3, 0.4) is 0 Å². The first kappa shape index (κ1) is 16.5. The first-order valence-electron chi connectivity index (χ1n) is 8.30. The predicted octanol–water partition coefficient (Wildman–Crippen LogP) is 1.46. The Balaban J connectivity index is 1.79. The van der Waals surface area contributed by atoms with Gasteiger partial charge in [0.2, 0.25) is 0 Å². The zero-order chi connectivity index (χ0) is 16.2. The van der Waals surface area contributed by atoms with Crippen molar-refractivity contribution in [2.45, 2.75) is 38.0 Å². The second-order valence-electron chi connectivity index (χ2n) is 6.27. The van der Waals surface area contributed by atoms with Crippen LogP contribution in [0.4, 0.5) is 0 Å². The highest BCUT2D eigenvalue weighted by Crippen LogP contribution is 2.35. The van der Waals surface area contributed by atoms with Crippen molar-refractivity contribution in [2.24, 2.45) is 5.92 Å². The Bertz CT molecular complexity index is 525. The standard InChI is InChI=1S/C17H26N2O4/c1-21-16-6-7-18-13(17(16)22-2)10-19-8-9-23-11-14(19)12-4-3-5-15(12)20/h6-7,12,14-15,20H,3-5,8-11H2,1-2H3/t12-,14-,15-/m1/s1. The van der Waals surface area contributed by atoms with Crippen LogP contribution in [-0.2, 0) is 11.3 Å². The highest BCUT2D eigenvalue weighted by molar-refractivity contribution is 5.42. The van der Waals surface area contributed by atoms with Gasteiger partial charge in [-0.2, -0.15) is 0 Å². The van der Waals surface area contributed by atoms with E-state index in [2.05, 4.69) is 9.88 Å². The molecule has 1 aromatic heterocycles. The van der Waals surface area contributed by atoms with Crippen molar-refractivity contribution in [3.05, 3.63) is 18.0 Å². The van der Waals surface area contributed by atoms with Crippen LogP contribution in [0.5, 0.6) is 11.5 Å². The van der Waals surface area contributed by atoms with Crippen LogP contribution >= 0.6 is 0 Å². The van der Waals surface area contributed by atoms with E-state index in [4.69, 9.17) is 14.2 Å². The summed E-state index contributed by atoms with van der Waals surface area (Å²) in [6.45, 7) is 2.91. The van der Waals surface area contributed by atoms with E-state index in [1.165, 1.54) is 0 Å². The number of methoxy groups -OCH3 is 2. The van der Waals surface area contributed by atoms with Crippen LogP contribution in [0.1, 0.15) is 25.0 Å². The van der Waals surface area contributed by atoms with Crippen LogP contribution in [-0.4, -0.2) is 61.1 Å². The van der Waals surface area contributed by atoms with Crippen molar-refractivity contribution in [1.82, 2.24) is 9.88 Å². The van der Waals surface area contributed by atoms with Crippen molar-refractivity contribution >= 4 is 0 Å². The lowest BCUT2D eigenvalue weighted by molar-refractivity contribution is -0.0543. The van der Waals surface area contributed by atoms with Gasteiger partial charge < -0.3 is 19.3 Å². The fourth-order valence-corrected chi connectivity index (χ4v) is 3.82. The number of hydrogen-bond donors (Lipinski definition) is 1. The van der Waals surface area contributed by atoms with Gasteiger partial charge in [0.25, 0.3) is 0 Å². The number of hydrogen-bond acceptors (Lipinski definition) is 6. The van der Waals surface area contributed by atoms with Gasteiger partial charge in [-0.15, -0.1) is 0 Å². The minimum atomic E-state index is -0.218. The van der Waals surface area contributed by atoms with E-state index in [0.717, 1.165) is 31.5 Å². The van der Waals surface area contributed by atoms with Gasteiger partial charge in [-0.05, 0) is 12.8 Å². The molecule has 128 valence electrons. The van der Waals surface area contributed by atoms with Crippen molar-refractivity contribution in [2.75, 3.05) is 34.0 Å². The summed E-state index contributed by atoms with van der Waals surface area (Å²) < 4.78 is 16.5. The summed E-state index contributed by atoms with van der Waals surface area (Å²) >= 11 is 0. The van der Waals surface area contributed by atoms with Crippen molar-refractivity contribution in [1.29, 1.82) is 0 Å². The second-order valence-corrected chi connectivity index (χ2v) is 6.27. The smallest absolute Gasteiger partial charge is 0.183 e. The average Bonchev–Trinajstić information content (AvgIpc) is 3.01. The zero-order valence-electron chi connectivity index (χ0n) is 13.9. The maximum absolute atomic E-state index is 10.3. The molecule has 3 atom stereocenters. The summed E-state index contributed by atoms with van der Waals surface area (Å²) in [5.41, 5.74) is 0.867. The first-order valence-corrected chi connectivity index (χ1v) is 8.30. The molecule has 0 spiro atoms. The highest BCUT2D eigenvalue weighted by atomic mass is 16.5. The SMILES string of the molecule is COc1ccnc(CN2CCOC[C@@H]2[C@H]2CCC[C@H]2O)c1OC. The van der Waals surface area contributed by atoms with Crippen LogP contribution < -0.4 is 9.47 Å². The molecule has 1 aliphatic carbocycles. The number of pyridine rings is 1. The summed E-state index contributed by atoms with van der Waals surface area (Å²) in [4.78, 5) is 6.85. The summed E-state index contributed by atoms with van der Waals surface area (Å²) in [7, 11) is 3.27. The maximum Gasteiger partial charge on any atom is 0.183 e. The fourth-order valence-electron chi connectivity index (χ4n) is 3.82. The van der Waals surface area contributed by atoms with Crippen LogP contribution in [0.2, 0.25) is 0 Å². The molecule has 1 saturated heterocycles. The Morgan fingerprint density at radius 1 is 1.35 bits per heavy atom. The van der Waals surface area contributed by atoms with Gasteiger partial charge >= 0.3 is 0 Å². The van der Waals surface area contributed by atoms with Gasteiger partial charge in [0, 0.05) is 37.3 Å². The molecule has 0 amide bonds. The number of aliphatic hydroxyl groups is 1. The average molecular weight is 322 g/mol. The summed E-state index contributed by atoms with van der Waals surface area (Å²) in [6, 6.07) is 2.04. The molecule has 6 nitrogen and oxygen atoms in total. The van der Waals surface area contributed by atoms with E-state index in [0.29, 0.717) is 31.3 Å². The quantitative estimate of drug-likeness (QED) is 0.885. The third kappa shape index (κ3) is 3.44. The molecule has 1 N–H and O–H groups in total. The first-order chi connectivity index (χ1) is 11.2. The molecule has 3 rings (SSSR count). The van der Waals surface area contributed by atoms with Gasteiger partial charge in [0.1, 0.15) is 5.69 Å². The number of rotatable bonds is 5. The number of ether oxygens (including phenoxy) is 3. The van der Waals surface area contributed by atoms with Gasteiger partial charge in [-0.25, -0.2) is 0 Å². The van der Waals surface area contributed by atoms with E-state index >= 15 is 0 Å². The normalized spacial score (nSPS) is 28.7. The molecule has 0 radical (unpaired) electrons. The van der Waals surface area contributed by atoms with E-state index < -0.39 is 0 Å². The van der Waals surface area contributed by atoms with Crippen LogP contribution in [0.15, 0.2) is 12.3 Å². The second kappa shape index (κ2) is 7.47. The van der Waals surface area contributed by atoms with Gasteiger partial charge in [-0.3, -0.25) is 9.88 Å². The molecule has 1 aromatic rings. The summed E-state index contributed by atoms with van der Waals surface area (Å²) in [5, 5.41) is 10.3. The Hall–Kier alpha value is -1.37. The molecule has 6 heteroatoms. The Morgan fingerprint density at radius 3 is 2.91 bits per heavy atom. The van der Waals surface area contributed by atoms with Gasteiger partial charge in [0.05, 0.1) is 33.5 Å². The molecule has 0 aromatic carbocycles. The predicted molar refractivity (Wildman–Crippen MR) is 85.7 cm³/mol. The third-order valence-electron chi connectivity index (χ3n) is 5.03. The number of aliphatic hydroxyl groups excluding tert-OH is 1. The molecule has 1 saturated carbocycles. The molecule has 0 unspecified atom stereocenters. The van der Waals surface area contributed by atoms with Crippen LogP contribution in [0, 0.1) is 5.92 Å². The van der Waals surface area contributed by atoms with Gasteiger partial charge in [-0.1, -0.05) is 6.42 Å². The Labute approximate surface area is 137 Å². The zero-order valence-corrected chi connectivity index (χ0v) is 13.9. The topological polar surface area (TPSA) is 64.1 Å². The lowest BCUT2D eigenvalue weighted by Crippen LogP contribution is -2.50. The Kier molecular flexibility index (Phi) is 5.35. The van der Waals surface area contributed by atoms with Crippen molar-refractivity contribution in [3.8, 4) is 11.5 Å². The monoisotopic (exact) mass is 322 g/mol. The molecule has 2 aliphatic rings. The molecule has 2 fully saturated rings. The Morgan fingerprint density at radius 2 is 2.22 bits per heavy atom. The number of nitrogens with zero attached hydrogens (tertiary/aromatic N) is 2. The molecule has 23 heavy (non-hydrogen) atoms. The van der Waals surface area contributed by atoms with E-state index in [9.17, 15) is 5.11 Å². The molecule has 1 aliphatic heterocycles. The lowest BCUT2D eigenvalue weighted by atomic mass is 9.94. The molecular weight excluding hydrogens is 296 g/mol. The molecular formula is C17H26N2O4. The summed E-state index contributed by atoms with van der Waals surface area (Å²) in [5.74, 6) is 1.67. The van der Waals surface area contributed by atoms with Gasteiger partial charge in [0.15, 0.2) is 11.5 Å².